The fraction of sp³-hybridized carbons (Fsp3) is 0.429. The van der Waals surface area contributed by atoms with Crippen LogP contribution >= 0.6 is 0 Å². The Morgan fingerprint density at radius 1 is 1.56 bits per heavy atom. The maximum atomic E-state index is 11.2. The summed E-state index contributed by atoms with van der Waals surface area (Å²) in [6.07, 6.45) is 0.366. The first-order valence-corrected chi connectivity index (χ1v) is 5.83. The van der Waals surface area contributed by atoms with Gasteiger partial charge in [0.15, 0.2) is 0 Å². The zero-order valence-corrected chi connectivity index (χ0v) is 11.0. The number of esters is 1. The fourth-order valence-electron chi connectivity index (χ4n) is 1.66. The lowest BCUT2D eigenvalue weighted by Crippen LogP contribution is -2.31. The molecule has 0 bridgehead atoms. The van der Waals surface area contributed by atoms with Crippen LogP contribution in [0.2, 0.25) is 0 Å². The molecule has 0 amide bonds. The lowest BCUT2D eigenvalue weighted by Gasteiger charge is -2.23. The monoisotopic (exact) mass is 246 g/mol. The molecule has 4 nitrogen and oxygen atoms in total. The second-order valence-corrected chi connectivity index (χ2v) is 4.36. The molecule has 1 rings (SSSR count). The highest BCUT2D eigenvalue weighted by molar-refractivity contribution is 5.69. The molecule has 0 aliphatic carbocycles. The molecule has 4 heteroatoms. The minimum Gasteiger partial charge on any atom is -0.469 e. The van der Waals surface area contributed by atoms with E-state index >= 15 is 0 Å². The number of hydrogen-bond donors (Lipinski definition) is 0. The van der Waals surface area contributed by atoms with Crippen molar-refractivity contribution in [3.63, 3.8) is 0 Å². The van der Waals surface area contributed by atoms with Crippen LogP contribution in [0.4, 0.5) is 0 Å². The van der Waals surface area contributed by atoms with E-state index in [9.17, 15) is 4.79 Å². The molecule has 0 aliphatic rings. The molecule has 0 heterocycles. The zero-order valence-electron chi connectivity index (χ0n) is 11.0. The third-order valence-corrected chi connectivity index (χ3v) is 2.93. The predicted octanol–water partition coefficient (Wildman–Crippen LogP) is 1.94. The van der Waals surface area contributed by atoms with Crippen molar-refractivity contribution in [2.45, 2.75) is 25.9 Å². The Balaban J connectivity index is 2.60. The Morgan fingerprint density at radius 3 is 2.89 bits per heavy atom. The minimum absolute atomic E-state index is 0.100. The lowest BCUT2D eigenvalue weighted by molar-refractivity contribution is -0.141. The maximum Gasteiger partial charge on any atom is 0.307 e. The van der Waals surface area contributed by atoms with Crippen LogP contribution in [0.5, 0.6) is 0 Å². The molecule has 96 valence electrons. The van der Waals surface area contributed by atoms with Gasteiger partial charge in [-0.3, -0.25) is 9.69 Å². The van der Waals surface area contributed by atoms with E-state index in [1.165, 1.54) is 7.11 Å². The largest absolute Gasteiger partial charge is 0.469 e. The number of ether oxygens (including phenoxy) is 1. The van der Waals surface area contributed by atoms with Gasteiger partial charge in [0.2, 0.25) is 0 Å². The van der Waals surface area contributed by atoms with Crippen molar-refractivity contribution in [2.75, 3.05) is 14.2 Å². The van der Waals surface area contributed by atoms with E-state index in [2.05, 4.69) is 15.7 Å². The van der Waals surface area contributed by atoms with Gasteiger partial charge < -0.3 is 4.74 Å². The van der Waals surface area contributed by atoms with E-state index in [0.29, 0.717) is 18.5 Å². The number of methoxy groups -OCH3 is 1. The molecule has 0 radical (unpaired) electrons. The Kier molecular flexibility index (Phi) is 5.34. The molecule has 18 heavy (non-hydrogen) atoms. The van der Waals surface area contributed by atoms with Crippen LogP contribution < -0.4 is 0 Å². The summed E-state index contributed by atoms with van der Waals surface area (Å²) in [5, 5.41) is 8.83. The lowest BCUT2D eigenvalue weighted by atomic mass is 10.1. The summed E-state index contributed by atoms with van der Waals surface area (Å²) >= 11 is 0. The second-order valence-electron chi connectivity index (χ2n) is 4.36. The second kappa shape index (κ2) is 6.77. The van der Waals surface area contributed by atoms with E-state index in [0.717, 1.165) is 5.56 Å². The van der Waals surface area contributed by atoms with Gasteiger partial charge in [0, 0.05) is 12.6 Å². The number of carbonyl (C=O) groups excluding carboxylic acids is 1. The molecule has 0 saturated carbocycles. The number of carbonyl (C=O) groups is 1. The first-order chi connectivity index (χ1) is 8.56. The van der Waals surface area contributed by atoms with Crippen molar-refractivity contribution in [1.82, 2.24) is 4.90 Å². The van der Waals surface area contributed by atoms with Crippen LogP contribution in [0.3, 0.4) is 0 Å². The highest BCUT2D eigenvalue weighted by atomic mass is 16.5. The molecule has 1 atom stereocenters. The van der Waals surface area contributed by atoms with Crippen molar-refractivity contribution in [1.29, 1.82) is 5.26 Å². The van der Waals surface area contributed by atoms with Crippen molar-refractivity contribution >= 4 is 5.97 Å². The molecule has 0 aliphatic heterocycles. The third kappa shape index (κ3) is 4.19. The van der Waals surface area contributed by atoms with Gasteiger partial charge in [0.05, 0.1) is 25.2 Å². The summed E-state index contributed by atoms with van der Waals surface area (Å²) in [4.78, 5) is 13.3. The van der Waals surface area contributed by atoms with Crippen LogP contribution in [0.1, 0.15) is 24.5 Å². The van der Waals surface area contributed by atoms with E-state index in [4.69, 9.17) is 5.26 Å². The Bertz CT molecular complexity index is 451. The predicted molar refractivity (Wildman–Crippen MR) is 68.7 cm³/mol. The van der Waals surface area contributed by atoms with Gasteiger partial charge in [0.1, 0.15) is 0 Å². The molecule has 0 saturated heterocycles. The van der Waals surface area contributed by atoms with Gasteiger partial charge in [-0.2, -0.15) is 5.26 Å². The van der Waals surface area contributed by atoms with E-state index in [1.807, 2.05) is 32.2 Å². The Hall–Kier alpha value is -1.86. The Labute approximate surface area is 108 Å². The van der Waals surface area contributed by atoms with Gasteiger partial charge in [0.25, 0.3) is 0 Å². The maximum absolute atomic E-state index is 11.2. The van der Waals surface area contributed by atoms with E-state index in [-0.39, 0.29) is 12.0 Å². The number of rotatable bonds is 5. The van der Waals surface area contributed by atoms with Gasteiger partial charge in [-0.05, 0) is 31.7 Å². The molecule has 1 aromatic carbocycles. The third-order valence-electron chi connectivity index (χ3n) is 2.93. The zero-order chi connectivity index (χ0) is 13.5. The molecule has 1 aromatic rings. The highest BCUT2D eigenvalue weighted by Gasteiger charge is 2.14. The van der Waals surface area contributed by atoms with Crippen LogP contribution in [0.15, 0.2) is 24.3 Å². The standard InChI is InChI=1S/C14H18N2O2/c1-11(7-14(17)18-3)16(2)10-13-6-4-5-12(8-13)9-15/h4-6,8,11H,7,10H2,1-3H3. The van der Waals surface area contributed by atoms with Gasteiger partial charge >= 0.3 is 5.97 Å². The summed E-state index contributed by atoms with van der Waals surface area (Å²) in [6, 6.07) is 9.70. The smallest absolute Gasteiger partial charge is 0.307 e. The average molecular weight is 246 g/mol. The molecule has 0 fully saturated rings. The fourth-order valence-corrected chi connectivity index (χ4v) is 1.66. The Morgan fingerprint density at radius 2 is 2.28 bits per heavy atom. The van der Waals surface area contributed by atoms with Crippen LogP contribution in [-0.2, 0) is 16.1 Å². The summed E-state index contributed by atoms with van der Waals surface area (Å²) in [5.74, 6) is -0.208. The van der Waals surface area contributed by atoms with E-state index in [1.54, 1.807) is 6.07 Å². The van der Waals surface area contributed by atoms with Crippen LogP contribution in [-0.4, -0.2) is 31.1 Å². The average Bonchev–Trinajstić information content (AvgIpc) is 2.38. The van der Waals surface area contributed by atoms with Gasteiger partial charge in [-0.25, -0.2) is 0 Å². The highest BCUT2D eigenvalue weighted by Crippen LogP contribution is 2.10. The number of nitrogens with zero attached hydrogens (tertiary/aromatic N) is 2. The van der Waals surface area contributed by atoms with Crippen molar-refractivity contribution in [3.05, 3.63) is 35.4 Å². The summed E-state index contributed by atoms with van der Waals surface area (Å²) < 4.78 is 4.65. The summed E-state index contributed by atoms with van der Waals surface area (Å²) in [7, 11) is 3.35. The number of benzene rings is 1. The van der Waals surface area contributed by atoms with E-state index < -0.39 is 0 Å². The molecule has 0 N–H and O–H groups in total. The van der Waals surface area contributed by atoms with Gasteiger partial charge in [-0.1, -0.05) is 12.1 Å². The molecule has 0 spiro atoms. The molecule has 0 aromatic heterocycles. The van der Waals surface area contributed by atoms with Crippen molar-refractivity contribution in [3.8, 4) is 6.07 Å². The number of hydrogen-bond acceptors (Lipinski definition) is 4. The quantitative estimate of drug-likeness (QED) is 0.745. The van der Waals surface area contributed by atoms with Gasteiger partial charge in [-0.15, -0.1) is 0 Å². The molecule has 1 unspecified atom stereocenters. The summed E-state index contributed by atoms with van der Waals surface area (Å²) in [6.45, 7) is 2.68. The molecular formula is C14H18N2O2. The first kappa shape index (κ1) is 14.2. The van der Waals surface area contributed by atoms with Crippen molar-refractivity contribution < 1.29 is 9.53 Å². The normalized spacial score (nSPS) is 11.9. The number of nitriles is 1. The topological polar surface area (TPSA) is 53.3 Å². The van der Waals surface area contributed by atoms with Crippen LogP contribution in [0.25, 0.3) is 0 Å². The first-order valence-electron chi connectivity index (χ1n) is 5.83. The molecular weight excluding hydrogens is 228 g/mol. The minimum atomic E-state index is -0.208. The summed E-state index contributed by atoms with van der Waals surface area (Å²) in [5.41, 5.74) is 1.72. The SMILES string of the molecule is COC(=O)CC(C)N(C)Cc1cccc(C#N)c1. The van der Waals surface area contributed by atoms with Crippen molar-refractivity contribution in [2.24, 2.45) is 0 Å². The van der Waals surface area contributed by atoms with Crippen LogP contribution in [0, 0.1) is 11.3 Å².